The summed E-state index contributed by atoms with van der Waals surface area (Å²) in [5, 5.41) is 21.3. The fraction of sp³-hybridized carbons (Fsp3) is 0.565. The van der Waals surface area contributed by atoms with Gasteiger partial charge in [-0.05, 0) is 63.5 Å². The molecule has 1 aliphatic rings. The number of hydrogen-bond donors (Lipinski definition) is 1. The number of benzene rings is 1. The van der Waals surface area contributed by atoms with Crippen LogP contribution in [0.1, 0.15) is 64.5 Å². The smallest absolute Gasteiger partial charge is 0.290 e. The summed E-state index contributed by atoms with van der Waals surface area (Å²) in [5.74, 6) is -1.48. The Balaban J connectivity index is 2.18. The molecule has 1 aromatic carbocycles. The van der Waals surface area contributed by atoms with Crippen molar-refractivity contribution < 1.29 is 19.6 Å². The number of non-ortho nitro benzene ring substituents is 1. The average Bonchev–Trinajstić information content (AvgIpc) is 3.00. The fourth-order valence-corrected chi connectivity index (χ4v) is 3.93. The minimum absolute atomic E-state index is 0.0488. The van der Waals surface area contributed by atoms with E-state index < -0.39 is 22.6 Å². The Morgan fingerprint density at radius 2 is 1.65 bits per heavy atom. The maximum atomic E-state index is 12.7. The molecule has 0 bridgehead atoms. The first kappa shape index (κ1) is 24.5. The molecule has 0 unspecified atom stereocenters. The Morgan fingerprint density at radius 3 is 2.13 bits per heavy atom. The Kier molecular flexibility index (Phi) is 9.18. The minimum atomic E-state index is -0.731. The van der Waals surface area contributed by atoms with E-state index >= 15 is 0 Å². The molecule has 1 aliphatic heterocycles. The number of Topliss-reactive ketones (excluding diaryl/α,β-unsaturated/α-hetero) is 1. The highest BCUT2D eigenvalue weighted by Crippen LogP contribution is 2.38. The van der Waals surface area contributed by atoms with E-state index in [0.29, 0.717) is 18.5 Å². The third-order valence-electron chi connectivity index (χ3n) is 5.63. The van der Waals surface area contributed by atoms with Crippen LogP contribution in [0.3, 0.4) is 0 Å². The zero-order valence-electron chi connectivity index (χ0n) is 18.7. The molecule has 0 spiro atoms. The highest BCUT2D eigenvalue weighted by atomic mass is 16.6. The van der Waals surface area contributed by atoms with E-state index in [1.807, 2.05) is 0 Å². The van der Waals surface area contributed by atoms with Crippen LogP contribution < -0.4 is 0 Å². The summed E-state index contributed by atoms with van der Waals surface area (Å²) in [6, 6.07) is 5.05. The highest BCUT2D eigenvalue weighted by Gasteiger charge is 2.42. The maximum absolute atomic E-state index is 12.7. The van der Waals surface area contributed by atoms with Crippen LogP contribution in [-0.2, 0) is 9.59 Å². The molecule has 1 atom stereocenters. The molecule has 170 valence electrons. The van der Waals surface area contributed by atoms with Crippen molar-refractivity contribution in [1.29, 1.82) is 0 Å². The van der Waals surface area contributed by atoms with Gasteiger partial charge in [-0.3, -0.25) is 19.7 Å². The molecule has 8 heteroatoms. The topological polar surface area (TPSA) is 104 Å². The molecular weight excluding hydrogens is 398 g/mol. The zero-order chi connectivity index (χ0) is 23.0. The third-order valence-corrected chi connectivity index (χ3v) is 5.63. The second kappa shape index (κ2) is 11.6. The zero-order valence-corrected chi connectivity index (χ0v) is 18.7. The second-order valence-corrected chi connectivity index (χ2v) is 7.97. The van der Waals surface area contributed by atoms with Crippen LogP contribution in [0.5, 0.6) is 0 Å². The molecule has 8 nitrogen and oxygen atoms in total. The van der Waals surface area contributed by atoms with Crippen molar-refractivity contribution in [2.24, 2.45) is 0 Å². The number of nitrogens with zero attached hydrogens (tertiary/aromatic N) is 3. The minimum Gasteiger partial charge on any atom is -0.503 e. The molecule has 0 fully saturated rings. The van der Waals surface area contributed by atoms with Gasteiger partial charge in [-0.25, -0.2) is 0 Å². The summed E-state index contributed by atoms with van der Waals surface area (Å²) in [5.41, 5.74) is 0.550. The summed E-state index contributed by atoms with van der Waals surface area (Å²) >= 11 is 0. The first-order valence-electron chi connectivity index (χ1n) is 11.0. The van der Waals surface area contributed by atoms with Crippen molar-refractivity contribution in [2.75, 3.05) is 26.2 Å². The van der Waals surface area contributed by atoms with Crippen LogP contribution in [-0.4, -0.2) is 57.7 Å². The number of ketones is 1. The Bertz CT molecular complexity index is 811. The van der Waals surface area contributed by atoms with Crippen LogP contribution in [0.4, 0.5) is 5.69 Å². The van der Waals surface area contributed by atoms with E-state index in [-0.39, 0.29) is 17.0 Å². The largest absolute Gasteiger partial charge is 0.503 e. The molecule has 0 aliphatic carbocycles. The first-order valence-corrected chi connectivity index (χ1v) is 11.0. The maximum Gasteiger partial charge on any atom is 0.290 e. The Hall–Kier alpha value is -2.74. The molecule has 31 heavy (non-hydrogen) atoms. The summed E-state index contributed by atoms with van der Waals surface area (Å²) in [6.07, 6.45) is 5.19. The molecule has 0 saturated carbocycles. The molecule has 1 amide bonds. The lowest BCUT2D eigenvalue weighted by molar-refractivity contribution is -0.384. The number of nitro groups is 1. The van der Waals surface area contributed by atoms with Crippen LogP contribution in [0, 0.1) is 10.1 Å². The predicted octanol–water partition coefficient (Wildman–Crippen LogP) is 4.17. The molecular formula is C23H33N3O5. The van der Waals surface area contributed by atoms with E-state index in [4.69, 9.17) is 0 Å². The van der Waals surface area contributed by atoms with E-state index in [9.17, 15) is 24.8 Å². The molecule has 1 N–H and O–H groups in total. The SMILES string of the molecule is CCCCN(CCCC)CCCN1C(=O)C(O)=C(C(C)=O)[C@@H]1c1ccc([N+](=O)[O-])cc1. The molecule has 0 aromatic heterocycles. The first-order chi connectivity index (χ1) is 14.8. The van der Waals surface area contributed by atoms with Gasteiger partial charge in [0.05, 0.1) is 16.5 Å². The lowest BCUT2D eigenvalue weighted by Crippen LogP contribution is -2.35. The van der Waals surface area contributed by atoms with Gasteiger partial charge in [-0.1, -0.05) is 26.7 Å². The Labute approximate surface area is 183 Å². The van der Waals surface area contributed by atoms with Gasteiger partial charge < -0.3 is 14.9 Å². The van der Waals surface area contributed by atoms with Crippen LogP contribution in [0.25, 0.3) is 0 Å². The number of unbranched alkanes of at least 4 members (excludes halogenated alkanes) is 2. The van der Waals surface area contributed by atoms with Crippen molar-refractivity contribution in [2.45, 2.75) is 58.9 Å². The van der Waals surface area contributed by atoms with E-state index in [0.717, 1.165) is 45.3 Å². The lowest BCUT2D eigenvalue weighted by atomic mass is 9.96. The summed E-state index contributed by atoms with van der Waals surface area (Å²) < 4.78 is 0. The molecule has 2 rings (SSSR count). The molecule has 1 heterocycles. The quantitative estimate of drug-likeness (QED) is 0.371. The number of hydrogen-bond acceptors (Lipinski definition) is 6. The number of carbonyl (C=O) groups is 2. The van der Waals surface area contributed by atoms with E-state index in [1.54, 1.807) is 12.1 Å². The normalized spacial score (nSPS) is 16.5. The lowest BCUT2D eigenvalue weighted by Gasteiger charge is -2.28. The van der Waals surface area contributed by atoms with Crippen molar-refractivity contribution in [3.05, 3.63) is 51.3 Å². The number of carbonyl (C=O) groups excluding carboxylic acids is 2. The van der Waals surface area contributed by atoms with Crippen LogP contribution >= 0.6 is 0 Å². The molecule has 0 radical (unpaired) electrons. The molecule has 0 saturated heterocycles. The Morgan fingerprint density at radius 1 is 1.10 bits per heavy atom. The number of rotatable bonds is 13. The summed E-state index contributed by atoms with van der Waals surface area (Å²) in [7, 11) is 0. The van der Waals surface area contributed by atoms with Crippen molar-refractivity contribution in [3.63, 3.8) is 0 Å². The fourth-order valence-electron chi connectivity index (χ4n) is 3.93. The monoisotopic (exact) mass is 431 g/mol. The van der Waals surface area contributed by atoms with Gasteiger partial charge in [-0.15, -0.1) is 0 Å². The van der Waals surface area contributed by atoms with Gasteiger partial charge >= 0.3 is 0 Å². The van der Waals surface area contributed by atoms with Gasteiger partial charge in [0.15, 0.2) is 11.5 Å². The van der Waals surface area contributed by atoms with Gasteiger partial charge in [0.2, 0.25) is 0 Å². The van der Waals surface area contributed by atoms with Crippen molar-refractivity contribution >= 4 is 17.4 Å². The van der Waals surface area contributed by atoms with E-state index in [2.05, 4.69) is 18.7 Å². The predicted molar refractivity (Wildman–Crippen MR) is 119 cm³/mol. The van der Waals surface area contributed by atoms with Crippen LogP contribution in [0.2, 0.25) is 0 Å². The van der Waals surface area contributed by atoms with Gasteiger partial charge in [0, 0.05) is 18.7 Å². The average molecular weight is 432 g/mol. The third kappa shape index (κ3) is 6.13. The second-order valence-electron chi connectivity index (χ2n) is 7.97. The summed E-state index contributed by atoms with van der Waals surface area (Å²) in [4.78, 5) is 39.3. The standard InChI is InChI=1S/C23H33N3O5/c1-4-6-13-24(14-7-5-2)15-8-16-25-21(20(17(3)27)22(28)23(25)29)18-9-11-19(12-10-18)26(30)31/h9-12,21,28H,4-8,13-16H2,1-3H3/t21-/m0/s1. The van der Waals surface area contributed by atoms with Gasteiger partial charge in [0.25, 0.3) is 11.6 Å². The van der Waals surface area contributed by atoms with E-state index in [1.165, 1.54) is 24.0 Å². The van der Waals surface area contributed by atoms with Crippen LogP contribution in [0.15, 0.2) is 35.6 Å². The van der Waals surface area contributed by atoms with Crippen molar-refractivity contribution in [3.8, 4) is 0 Å². The number of amides is 1. The summed E-state index contributed by atoms with van der Waals surface area (Å²) in [6.45, 7) is 8.87. The number of aliphatic hydroxyl groups is 1. The number of nitro benzene ring substituents is 1. The van der Waals surface area contributed by atoms with Crippen molar-refractivity contribution in [1.82, 2.24) is 9.80 Å². The molecule has 1 aromatic rings. The highest BCUT2D eigenvalue weighted by molar-refractivity contribution is 6.08. The van der Waals surface area contributed by atoms with Gasteiger partial charge in [-0.2, -0.15) is 0 Å². The van der Waals surface area contributed by atoms with Gasteiger partial charge in [0.1, 0.15) is 0 Å². The number of aliphatic hydroxyl groups excluding tert-OH is 1.